The molecule has 20 heavy (non-hydrogen) atoms. The summed E-state index contributed by atoms with van der Waals surface area (Å²) in [5, 5.41) is 0. The monoisotopic (exact) mass is 321 g/mol. The fourth-order valence-corrected chi connectivity index (χ4v) is 5.37. The summed E-state index contributed by atoms with van der Waals surface area (Å²) in [4.78, 5) is 14.2. The van der Waals surface area contributed by atoms with Crippen molar-refractivity contribution in [1.29, 1.82) is 0 Å². The van der Waals surface area contributed by atoms with Gasteiger partial charge in [0.05, 0.1) is 5.88 Å². The predicted octanol–water partition coefficient (Wildman–Crippen LogP) is 0.567. The smallest absolute Gasteiger partial charge is 0.283 e. The van der Waals surface area contributed by atoms with E-state index in [0.29, 0.717) is 17.7 Å². The lowest BCUT2D eigenvalue weighted by molar-refractivity contribution is -0.133. The zero-order chi connectivity index (χ0) is 15.1. The van der Waals surface area contributed by atoms with Crippen molar-refractivity contribution in [3.8, 4) is 0 Å². The van der Waals surface area contributed by atoms with Crippen molar-refractivity contribution < 1.29 is 13.2 Å². The molecule has 1 saturated carbocycles. The molecule has 1 amide bonds. The van der Waals surface area contributed by atoms with E-state index >= 15 is 0 Å². The van der Waals surface area contributed by atoms with Gasteiger partial charge in [-0.2, -0.15) is 17.0 Å². The first-order valence-electron chi connectivity index (χ1n) is 6.86. The van der Waals surface area contributed by atoms with Crippen LogP contribution in [0.25, 0.3) is 0 Å². The van der Waals surface area contributed by atoms with Crippen LogP contribution in [0.1, 0.15) is 26.7 Å². The maximum absolute atomic E-state index is 12.6. The van der Waals surface area contributed by atoms with Crippen molar-refractivity contribution in [1.82, 2.24) is 13.5 Å². The van der Waals surface area contributed by atoms with E-state index in [4.69, 9.17) is 0 Å². The van der Waals surface area contributed by atoms with Crippen molar-refractivity contribution in [2.45, 2.75) is 44.8 Å². The van der Waals surface area contributed by atoms with Crippen molar-refractivity contribution in [3.05, 3.63) is 0 Å². The molecule has 116 valence electrons. The third kappa shape index (κ3) is 2.98. The van der Waals surface area contributed by atoms with Crippen LogP contribution in [0.15, 0.2) is 0 Å². The van der Waals surface area contributed by atoms with Crippen molar-refractivity contribution in [2.24, 2.45) is 0 Å². The molecule has 1 heterocycles. The van der Waals surface area contributed by atoms with Crippen molar-refractivity contribution in [2.75, 3.05) is 25.7 Å². The molecule has 0 unspecified atom stereocenters. The third-order valence-electron chi connectivity index (χ3n) is 3.96. The number of thioether (sulfide) groups is 1. The van der Waals surface area contributed by atoms with Crippen LogP contribution in [-0.2, 0) is 15.0 Å². The summed E-state index contributed by atoms with van der Waals surface area (Å²) < 4.78 is 27.8. The summed E-state index contributed by atoms with van der Waals surface area (Å²) in [6, 6.07) is -0.375. The van der Waals surface area contributed by atoms with Crippen molar-refractivity contribution in [3.63, 3.8) is 0 Å². The van der Waals surface area contributed by atoms with E-state index in [1.165, 1.54) is 20.4 Å². The minimum Gasteiger partial charge on any atom is -0.341 e. The normalized spacial score (nSPS) is 24.6. The number of nitrogens with zero attached hydrogens (tertiary/aromatic N) is 3. The van der Waals surface area contributed by atoms with E-state index in [-0.39, 0.29) is 11.9 Å². The lowest BCUT2D eigenvalue weighted by Crippen LogP contribution is -2.52. The van der Waals surface area contributed by atoms with Gasteiger partial charge in [0.2, 0.25) is 5.91 Å². The van der Waals surface area contributed by atoms with Crippen LogP contribution in [-0.4, -0.2) is 71.7 Å². The van der Waals surface area contributed by atoms with E-state index in [0.717, 1.165) is 12.8 Å². The molecule has 6 nitrogen and oxygen atoms in total. The summed E-state index contributed by atoms with van der Waals surface area (Å²) >= 11 is 1.50. The van der Waals surface area contributed by atoms with Crippen LogP contribution >= 0.6 is 11.8 Å². The van der Waals surface area contributed by atoms with Crippen LogP contribution in [0.4, 0.5) is 0 Å². The lowest BCUT2D eigenvalue weighted by atomic mass is 10.3. The van der Waals surface area contributed by atoms with Gasteiger partial charge in [-0.15, -0.1) is 11.8 Å². The number of hydrogen-bond donors (Lipinski definition) is 0. The zero-order valence-electron chi connectivity index (χ0n) is 12.4. The zero-order valence-corrected chi connectivity index (χ0v) is 14.1. The van der Waals surface area contributed by atoms with E-state index in [1.54, 1.807) is 19.0 Å². The molecule has 2 aliphatic rings. The average Bonchev–Trinajstić information content (AvgIpc) is 3.12. The Balaban J connectivity index is 2.16. The SMILES string of the molecule is CC(C)N(C)S(=O)(=O)N1CSC[C@H]1C(=O)N(C)C1CC1. The molecule has 0 radical (unpaired) electrons. The Kier molecular flexibility index (Phi) is 4.68. The van der Waals surface area contributed by atoms with Crippen LogP contribution < -0.4 is 0 Å². The molecule has 0 bridgehead atoms. The largest absolute Gasteiger partial charge is 0.341 e. The van der Waals surface area contributed by atoms with E-state index in [2.05, 4.69) is 0 Å². The molecular formula is C12H23N3O3S2. The molecule has 2 rings (SSSR count). The predicted molar refractivity (Wildman–Crippen MR) is 80.6 cm³/mol. The third-order valence-corrected chi connectivity index (χ3v) is 7.26. The van der Waals surface area contributed by atoms with Crippen LogP contribution in [0.5, 0.6) is 0 Å². The van der Waals surface area contributed by atoms with E-state index in [1.807, 2.05) is 13.8 Å². The topological polar surface area (TPSA) is 60.9 Å². The summed E-state index contributed by atoms with van der Waals surface area (Å²) in [5.41, 5.74) is 0. The Labute approximate surface area is 125 Å². The number of likely N-dealkylation sites (N-methyl/N-ethyl adjacent to an activating group) is 1. The molecule has 0 spiro atoms. The quantitative estimate of drug-likeness (QED) is 0.743. The maximum atomic E-state index is 12.6. The average molecular weight is 321 g/mol. The van der Waals surface area contributed by atoms with E-state index < -0.39 is 16.3 Å². The minimum atomic E-state index is -3.57. The molecule has 1 aliphatic heterocycles. The second kappa shape index (κ2) is 5.82. The van der Waals surface area contributed by atoms with Gasteiger partial charge in [-0.1, -0.05) is 0 Å². The second-order valence-electron chi connectivity index (χ2n) is 5.70. The van der Waals surface area contributed by atoms with Gasteiger partial charge >= 0.3 is 0 Å². The minimum absolute atomic E-state index is 0.0711. The first-order valence-corrected chi connectivity index (χ1v) is 9.41. The molecule has 0 aromatic heterocycles. The Hall–Kier alpha value is -0.310. The standard InChI is InChI=1S/C12H23N3O3S2/c1-9(2)14(4)20(17,18)15-8-19-7-11(15)12(16)13(3)10-5-6-10/h9-11H,5-8H2,1-4H3/t11-/m0/s1. The van der Waals surface area contributed by atoms with Gasteiger partial charge in [0.1, 0.15) is 6.04 Å². The lowest BCUT2D eigenvalue weighted by Gasteiger charge is -2.31. The first-order chi connectivity index (χ1) is 9.26. The number of rotatable bonds is 5. The van der Waals surface area contributed by atoms with Crippen LogP contribution in [0.2, 0.25) is 0 Å². The fraction of sp³-hybridized carbons (Fsp3) is 0.917. The number of carbonyl (C=O) groups excluding carboxylic acids is 1. The molecule has 0 aromatic rings. The molecule has 1 aliphatic carbocycles. The highest BCUT2D eigenvalue weighted by Gasteiger charge is 2.44. The van der Waals surface area contributed by atoms with Crippen molar-refractivity contribution >= 4 is 27.9 Å². The summed E-state index contributed by atoms with van der Waals surface area (Å²) in [6.45, 7) is 3.65. The Morgan fingerprint density at radius 2 is 1.90 bits per heavy atom. The maximum Gasteiger partial charge on any atom is 0.283 e. The summed E-state index contributed by atoms with van der Waals surface area (Å²) in [6.07, 6.45) is 2.06. The van der Waals surface area contributed by atoms with E-state index in [9.17, 15) is 13.2 Å². The van der Waals surface area contributed by atoms with Gasteiger partial charge in [-0.3, -0.25) is 4.79 Å². The van der Waals surface area contributed by atoms with Gasteiger partial charge < -0.3 is 4.90 Å². The number of amides is 1. The van der Waals surface area contributed by atoms with Gasteiger partial charge in [0.25, 0.3) is 10.2 Å². The Morgan fingerprint density at radius 1 is 1.30 bits per heavy atom. The molecule has 0 N–H and O–H groups in total. The molecule has 1 saturated heterocycles. The molecule has 2 fully saturated rings. The van der Waals surface area contributed by atoms with Gasteiger partial charge in [-0.25, -0.2) is 0 Å². The van der Waals surface area contributed by atoms with Crippen LogP contribution in [0, 0.1) is 0 Å². The van der Waals surface area contributed by atoms with Gasteiger partial charge in [-0.05, 0) is 26.7 Å². The fourth-order valence-electron chi connectivity index (χ4n) is 2.16. The summed E-state index contributed by atoms with van der Waals surface area (Å²) in [5.74, 6) is 0.827. The molecule has 1 atom stereocenters. The Bertz CT molecular complexity index is 476. The number of hydrogen-bond acceptors (Lipinski definition) is 4. The van der Waals surface area contributed by atoms with Gasteiger partial charge in [0, 0.05) is 31.9 Å². The highest BCUT2D eigenvalue weighted by Crippen LogP contribution is 2.31. The van der Waals surface area contributed by atoms with Crippen LogP contribution in [0.3, 0.4) is 0 Å². The highest BCUT2D eigenvalue weighted by molar-refractivity contribution is 8.00. The first kappa shape index (κ1) is 16.1. The summed E-state index contributed by atoms with van der Waals surface area (Å²) in [7, 11) is -0.230. The highest BCUT2D eigenvalue weighted by atomic mass is 32.2. The molecular weight excluding hydrogens is 298 g/mol. The molecule has 8 heteroatoms. The Morgan fingerprint density at radius 3 is 2.40 bits per heavy atom. The molecule has 0 aromatic carbocycles. The number of carbonyl (C=O) groups is 1. The van der Waals surface area contributed by atoms with Gasteiger partial charge in [0.15, 0.2) is 0 Å². The second-order valence-corrected chi connectivity index (χ2v) is 8.64.